The van der Waals surface area contributed by atoms with Crippen LogP contribution in [0, 0.1) is 0 Å². The molecule has 0 spiro atoms. The topological polar surface area (TPSA) is 64.7 Å². The summed E-state index contributed by atoms with van der Waals surface area (Å²) in [7, 11) is 1.25. The quantitative estimate of drug-likeness (QED) is 0.403. The van der Waals surface area contributed by atoms with Crippen molar-refractivity contribution in [2.75, 3.05) is 13.0 Å². The molecule has 1 aromatic rings. The van der Waals surface area contributed by atoms with Crippen LogP contribution in [0.25, 0.3) is 0 Å². The van der Waals surface area contributed by atoms with E-state index in [0.29, 0.717) is 0 Å². The summed E-state index contributed by atoms with van der Waals surface area (Å²) in [6.07, 6.45) is 0. The van der Waals surface area contributed by atoms with Gasteiger partial charge in [-0.15, -0.1) is 11.6 Å². The number of rotatable bonds is 3. The van der Waals surface area contributed by atoms with Gasteiger partial charge in [-0.3, -0.25) is 0 Å². The van der Waals surface area contributed by atoms with E-state index in [1.54, 1.807) is 0 Å². The van der Waals surface area contributed by atoms with Crippen LogP contribution in [-0.4, -0.2) is 24.8 Å². The number of halogens is 3. The van der Waals surface area contributed by atoms with E-state index in [0.717, 1.165) is 0 Å². The lowest BCUT2D eigenvalue weighted by molar-refractivity contribution is 0.0601. The van der Waals surface area contributed by atoms with E-state index in [4.69, 9.17) is 40.5 Å². The summed E-state index contributed by atoms with van der Waals surface area (Å²) in [4.78, 5) is 15.3. The second kappa shape index (κ2) is 6.10. The lowest BCUT2D eigenvalue weighted by Gasteiger charge is -2.07. The number of hydrogen-bond donors (Lipinski definition) is 1. The smallest absolute Gasteiger partial charge is 0.339 e. The number of amidine groups is 1. The molecule has 0 aliphatic rings. The Kier molecular flexibility index (Phi) is 5.05. The van der Waals surface area contributed by atoms with Crippen molar-refractivity contribution in [1.82, 2.24) is 0 Å². The number of benzene rings is 1. The second-order valence-electron chi connectivity index (χ2n) is 2.99. The summed E-state index contributed by atoms with van der Waals surface area (Å²) >= 11 is 17.4. The fourth-order valence-corrected chi connectivity index (χ4v) is 1.68. The molecule has 0 heterocycles. The maximum absolute atomic E-state index is 11.4. The number of ether oxygens (including phenoxy) is 1. The highest BCUT2D eigenvalue weighted by Crippen LogP contribution is 2.36. The van der Waals surface area contributed by atoms with Crippen molar-refractivity contribution in [3.8, 4) is 0 Å². The van der Waals surface area contributed by atoms with Gasteiger partial charge in [0.05, 0.1) is 28.6 Å². The number of nitrogens with two attached hydrogens (primary N) is 1. The minimum Gasteiger partial charge on any atom is -0.465 e. The number of carbonyl (C=O) groups is 1. The molecule has 0 fully saturated rings. The Morgan fingerprint density at radius 3 is 2.65 bits per heavy atom. The van der Waals surface area contributed by atoms with E-state index in [1.807, 2.05) is 0 Å². The molecule has 2 N–H and O–H groups in total. The van der Waals surface area contributed by atoms with Crippen LogP contribution in [0.2, 0.25) is 10.0 Å². The van der Waals surface area contributed by atoms with Gasteiger partial charge in [0, 0.05) is 0 Å². The van der Waals surface area contributed by atoms with Crippen LogP contribution in [0.1, 0.15) is 10.4 Å². The summed E-state index contributed by atoms with van der Waals surface area (Å²) in [5.74, 6) is -0.389. The number of carbonyl (C=O) groups excluding carboxylic acids is 1. The molecule has 0 unspecified atom stereocenters. The van der Waals surface area contributed by atoms with E-state index in [2.05, 4.69) is 9.73 Å². The Morgan fingerprint density at radius 2 is 2.12 bits per heavy atom. The van der Waals surface area contributed by atoms with E-state index in [9.17, 15) is 4.79 Å². The van der Waals surface area contributed by atoms with Crippen LogP contribution in [0.5, 0.6) is 0 Å². The molecule has 92 valence electrons. The molecular weight excluding hydrogens is 286 g/mol. The first-order valence-corrected chi connectivity index (χ1v) is 5.75. The first-order chi connectivity index (χ1) is 8.01. The number of nitrogens with zero attached hydrogens (tertiary/aromatic N) is 1. The van der Waals surface area contributed by atoms with Gasteiger partial charge in [0.2, 0.25) is 0 Å². The molecule has 0 atom stereocenters. The maximum Gasteiger partial charge on any atom is 0.339 e. The molecule has 4 nitrogen and oxygen atoms in total. The molecule has 0 radical (unpaired) electrons. The molecule has 0 aromatic heterocycles. The highest BCUT2D eigenvalue weighted by Gasteiger charge is 2.16. The van der Waals surface area contributed by atoms with Crippen molar-refractivity contribution in [1.29, 1.82) is 0 Å². The van der Waals surface area contributed by atoms with E-state index in [-0.39, 0.29) is 33.0 Å². The first kappa shape index (κ1) is 14.1. The predicted octanol–water partition coefficient (Wildman–Crippen LogP) is 3.01. The van der Waals surface area contributed by atoms with Gasteiger partial charge in [-0.1, -0.05) is 23.2 Å². The Labute approximate surface area is 113 Å². The van der Waals surface area contributed by atoms with Gasteiger partial charge in [-0.2, -0.15) is 0 Å². The van der Waals surface area contributed by atoms with Gasteiger partial charge in [-0.05, 0) is 12.1 Å². The highest BCUT2D eigenvalue weighted by molar-refractivity contribution is 6.41. The zero-order chi connectivity index (χ0) is 13.0. The molecule has 17 heavy (non-hydrogen) atoms. The third kappa shape index (κ3) is 3.25. The van der Waals surface area contributed by atoms with Gasteiger partial charge in [0.25, 0.3) is 0 Å². The van der Waals surface area contributed by atoms with Crippen LogP contribution < -0.4 is 5.73 Å². The minimum absolute atomic E-state index is 0.0368. The molecule has 1 aromatic carbocycles. The fraction of sp³-hybridized carbons (Fsp3) is 0.200. The van der Waals surface area contributed by atoms with Gasteiger partial charge in [0.15, 0.2) is 0 Å². The fourth-order valence-electron chi connectivity index (χ4n) is 1.08. The molecule has 0 aliphatic carbocycles. The lowest BCUT2D eigenvalue weighted by Crippen LogP contribution is -2.12. The monoisotopic (exact) mass is 294 g/mol. The third-order valence-electron chi connectivity index (χ3n) is 1.86. The number of methoxy groups -OCH3 is 1. The minimum atomic E-state index is -0.576. The average Bonchev–Trinajstić information content (AvgIpc) is 2.33. The van der Waals surface area contributed by atoms with Crippen LogP contribution in [-0.2, 0) is 4.74 Å². The van der Waals surface area contributed by atoms with Crippen LogP contribution >= 0.6 is 34.8 Å². The summed E-state index contributed by atoms with van der Waals surface area (Å²) in [5, 5.41) is 0.355. The zero-order valence-corrected chi connectivity index (χ0v) is 11.1. The Hall–Kier alpha value is -0.970. The van der Waals surface area contributed by atoms with Gasteiger partial charge < -0.3 is 10.5 Å². The number of esters is 1. The van der Waals surface area contributed by atoms with E-state index in [1.165, 1.54) is 19.2 Å². The summed E-state index contributed by atoms with van der Waals surface area (Å²) in [5.41, 5.74) is 5.86. The number of aliphatic imine (C=N–C) groups is 1. The molecule has 0 amide bonds. The van der Waals surface area contributed by atoms with Crippen molar-refractivity contribution >= 4 is 52.3 Å². The Bertz CT molecular complexity index is 475. The Balaban J connectivity index is 3.35. The SMILES string of the molecule is COC(=O)c1ccc(Cl)c(N=C(N)CCl)c1Cl. The number of hydrogen-bond acceptors (Lipinski definition) is 3. The van der Waals surface area contributed by atoms with E-state index < -0.39 is 5.97 Å². The summed E-state index contributed by atoms with van der Waals surface area (Å²) in [6.45, 7) is 0. The standard InChI is InChI=1S/C10H9Cl3N2O2/c1-17-10(16)5-2-3-6(12)9(8(5)13)15-7(14)4-11/h2-3H,4H2,1H3,(H2,14,15). The molecule has 1 rings (SSSR count). The first-order valence-electron chi connectivity index (χ1n) is 4.46. The lowest BCUT2D eigenvalue weighted by atomic mass is 10.2. The second-order valence-corrected chi connectivity index (χ2v) is 4.04. The van der Waals surface area contributed by atoms with Crippen molar-refractivity contribution in [2.45, 2.75) is 0 Å². The normalized spacial score (nSPS) is 11.4. The van der Waals surface area contributed by atoms with Crippen molar-refractivity contribution < 1.29 is 9.53 Å². The van der Waals surface area contributed by atoms with E-state index >= 15 is 0 Å². The molecule has 0 saturated carbocycles. The van der Waals surface area contributed by atoms with Crippen molar-refractivity contribution in [2.24, 2.45) is 10.7 Å². The predicted molar refractivity (Wildman–Crippen MR) is 69.8 cm³/mol. The third-order valence-corrected chi connectivity index (χ3v) is 2.83. The molecular formula is C10H9Cl3N2O2. The molecule has 0 aliphatic heterocycles. The largest absolute Gasteiger partial charge is 0.465 e. The van der Waals surface area contributed by atoms with Crippen molar-refractivity contribution in [3.63, 3.8) is 0 Å². The van der Waals surface area contributed by atoms with Gasteiger partial charge in [0.1, 0.15) is 11.5 Å². The van der Waals surface area contributed by atoms with Gasteiger partial charge >= 0.3 is 5.97 Å². The van der Waals surface area contributed by atoms with Gasteiger partial charge in [-0.25, -0.2) is 9.79 Å². The Morgan fingerprint density at radius 1 is 1.47 bits per heavy atom. The summed E-state index contributed by atoms with van der Waals surface area (Å²) < 4.78 is 4.57. The molecule has 7 heteroatoms. The maximum atomic E-state index is 11.4. The summed E-state index contributed by atoms with van der Waals surface area (Å²) in [6, 6.07) is 2.94. The zero-order valence-electron chi connectivity index (χ0n) is 8.84. The molecule has 0 bridgehead atoms. The van der Waals surface area contributed by atoms with Crippen LogP contribution in [0.15, 0.2) is 17.1 Å². The number of alkyl halides is 1. The van der Waals surface area contributed by atoms with Crippen LogP contribution in [0.4, 0.5) is 5.69 Å². The van der Waals surface area contributed by atoms with Crippen molar-refractivity contribution in [3.05, 3.63) is 27.7 Å². The average molecular weight is 296 g/mol. The molecule has 0 saturated heterocycles. The highest BCUT2D eigenvalue weighted by atomic mass is 35.5. The van der Waals surface area contributed by atoms with Crippen LogP contribution in [0.3, 0.4) is 0 Å².